The van der Waals surface area contributed by atoms with E-state index in [1.165, 1.54) is 38.5 Å². The molecule has 0 spiro atoms. The number of halogens is 1. The topological polar surface area (TPSA) is 64.3 Å². The van der Waals surface area contributed by atoms with Gasteiger partial charge in [0.2, 0.25) is 5.91 Å². The number of fused-ring (bicyclic) bond motifs is 2. The first-order valence-corrected chi connectivity index (χ1v) is 9.16. The summed E-state index contributed by atoms with van der Waals surface area (Å²) in [5.41, 5.74) is 6.64. The Hall–Kier alpha value is -0.320. The molecule has 4 nitrogen and oxygen atoms in total. The highest BCUT2D eigenvalue weighted by Crippen LogP contribution is 2.44. The molecule has 0 radical (unpaired) electrons. The van der Waals surface area contributed by atoms with E-state index < -0.39 is 0 Å². The van der Waals surface area contributed by atoms with Crippen molar-refractivity contribution in [2.45, 2.75) is 63.8 Å². The van der Waals surface area contributed by atoms with Crippen LogP contribution in [0.3, 0.4) is 0 Å². The Morgan fingerprint density at radius 2 is 1.87 bits per heavy atom. The van der Waals surface area contributed by atoms with Gasteiger partial charge in [-0.3, -0.25) is 4.79 Å². The molecule has 3 saturated carbocycles. The van der Waals surface area contributed by atoms with E-state index in [-0.39, 0.29) is 24.2 Å². The van der Waals surface area contributed by atoms with Crippen LogP contribution in [0.2, 0.25) is 0 Å². The van der Waals surface area contributed by atoms with Gasteiger partial charge in [0, 0.05) is 32.2 Å². The SMILES string of the molecule is COCCC1(CNC(=O)C2CC3CCCC(C2)C3N)CCC1.Cl. The molecule has 3 fully saturated rings. The van der Waals surface area contributed by atoms with Gasteiger partial charge < -0.3 is 15.8 Å². The van der Waals surface area contributed by atoms with Crippen molar-refractivity contribution in [1.82, 2.24) is 5.32 Å². The van der Waals surface area contributed by atoms with Crippen molar-refractivity contribution in [2.75, 3.05) is 20.3 Å². The van der Waals surface area contributed by atoms with Crippen molar-refractivity contribution in [3.05, 3.63) is 0 Å². The van der Waals surface area contributed by atoms with Crippen LogP contribution in [-0.2, 0) is 9.53 Å². The fourth-order valence-corrected chi connectivity index (χ4v) is 4.93. The monoisotopic (exact) mass is 344 g/mol. The molecule has 2 bridgehead atoms. The molecule has 3 aliphatic rings. The Balaban J connectivity index is 0.00000192. The minimum absolute atomic E-state index is 0. The summed E-state index contributed by atoms with van der Waals surface area (Å²) in [6.45, 7) is 1.64. The molecule has 5 heteroatoms. The lowest BCUT2D eigenvalue weighted by atomic mass is 9.64. The number of ether oxygens (including phenoxy) is 1. The van der Waals surface area contributed by atoms with Gasteiger partial charge in [0.1, 0.15) is 0 Å². The molecule has 0 aromatic carbocycles. The summed E-state index contributed by atoms with van der Waals surface area (Å²) in [6.07, 6.45) is 10.6. The Labute approximate surface area is 146 Å². The predicted molar refractivity (Wildman–Crippen MR) is 94.6 cm³/mol. The van der Waals surface area contributed by atoms with Gasteiger partial charge in [-0.25, -0.2) is 0 Å². The fraction of sp³-hybridized carbons (Fsp3) is 0.944. The van der Waals surface area contributed by atoms with Crippen molar-refractivity contribution in [3.63, 3.8) is 0 Å². The molecule has 134 valence electrons. The average Bonchev–Trinajstić information content (AvgIpc) is 2.45. The molecular formula is C18H33ClN2O2. The minimum Gasteiger partial charge on any atom is -0.385 e. The molecule has 0 heterocycles. The van der Waals surface area contributed by atoms with Crippen LogP contribution in [0.15, 0.2) is 0 Å². The van der Waals surface area contributed by atoms with Gasteiger partial charge in [-0.05, 0) is 62.2 Å². The highest BCUT2D eigenvalue weighted by Gasteiger charge is 2.42. The van der Waals surface area contributed by atoms with E-state index in [2.05, 4.69) is 5.32 Å². The summed E-state index contributed by atoms with van der Waals surface area (Å²) >= 11 is 0. The Morgan fingerprint density at radius 1 is 1.22 bits per heavy atom. The van der Waals surface area contributed by atoms with E-state index in [0.717, 1.165) is 32.4 Å². The van der Waals surface area contributed by atoms with E-state index in [0.29, 0.717) is 23.3 Å². The smallest absolute Gasteiger partial charge is 0.223 e. The first-order chi connectivity index (χ1) is 10.6. The standard InChI is InChI=1S/C18H32N2O2.ClH/c1-22-9-8-18(6-3-7-18)12-20-17(21)15-10-13-4-2-5-14(11-15)16(13)19;/h13-16H,2-12,19H2,1H3,(H,20,21);1H. The van der Waals surface area contributed by atoms with Crippen LogP contribution in [-0.4, -0.2) is 32.2 Å². The molecule has 3 N–H and O–H groups in total. The number of rotatable bonds is 6. The van der Waals surface area contributed by atoms with Crippen molar-refractivity contribution >= 4 is 18.3 Å². The lowest BCUT2D eigenvalue weighted by molar-refractivity contribution is -0.129. The fourth-order valence-electron chi connectivity index (χ4n) is 4.93. The molecule has 0 aromatic rings. The quantitative estimate of drug-likeness (QED) is 0.778. The summed E-state index contributed by atoms with van der Waals surface area (Å²) < 4.78 is 5.23. The van der Waals surface area contributed by atoms with Crippen molar-refractivity contribution in [3.8, 4) is 0 Å². The first kappa shape index (κ1) is 19.0. The number of methoxy groups -OCH3 is 1. The average molecular weight is 345 g/mol. The maximum atomic E-state index is 12.6. The van der Waals surface area contributed by atoms with Gasteiger partial charge in [0.25, 0.3) is 0 Å². The first-order valence-electron chi connectivity index (χ1n) is 9.16. The van der Waals surface area contributed by atoms with Gasteiger partial charge in [0.15, 0.2) is 0 Å². The number of carbonyl (C=O) groups is 1. The number of nitrogens with one attached hydrogen (secondary N) is 1. The maximum absolute atomic E-state index is 12.6. The molecule has 2 atom stereocenters. The van der Waals surface area contributed by atoms with Crippen LogP contribution in [0.25, 0.3) is 0 Å². The predicted octanol–water partition coefficient (Wildman–Crippen LogP) is 2.88. The van der Waals surface area contributed by atoms with Crippen molar-refractivity contribution in [1.29, 1.82) is 0 Å². The molecule has 0 aliphatic heterocycles. The summed E-state index contributed by atoms with van der Waals surface area (Å²) in [7, 11) is 1.76. The zero-order valence-corrected chi connectivity index (χ0v) is 15.2. The Bertz CT molecular complexity index is 386. The Morgan fingerprint density at radius 3 is 2.39 bits per heavy atom. The summed E-state index contributed by atoms with van der Waals surface area (Å²) in [4.78, 5) is 12.6. The third kappa shape index (κ3) is 4.21. The zero-order chi connectivity index (χ0) is 15.6. The molecular weight excluding hydrogens is 312 g/mol. The zero-order valence-electron chi connectivity index (χ0n) is 14.4. The lowest BCUT2D eigenvalue weighted by Crippen LogP contribution is -2.50. The normalized spacial score (nSPS) is 34.9. The number of hydrogen-bond donors (Lipinski definition) is 2. The summed E-state index contributed by atoms with van der Waals surface area (Å²) in [5, 5.41) is 3.27. The highest BCUT2D eigenvalue weighted by molar-refractivity contribution is 5.85. The van der Waals surface area contributed by atoms with Crippen LogP contribution >= 0.6 is 12.4 Å². The second kappa shape index (κ2) is 8.17. The van der Waals surface area contributed by atoms with Crippen LogP contribution in [0, 0.1) is 23.2 Å². The lowest BCUT2D eigenvalue weighted by Gasteiger charge is -2.45. The second-order valence-corrected chi connectivity index (χ2v) is 8.01. The van der Waals surface area contributed by atoms with Crippen LogP contribution in [0.4, 0.5) is 0 Å². The van der Waals surface area contributed by atoms with Gasteiger partial charge in [0.05, 0.1) is 0 Å². The van der Waals surface area contributed by atoms with Gasteiger partial charge in [-0.1, -0.05) is 12.8 Å². The van der Waals surface area contributed by atoms with Gasteiger partial charge in [-0.15, -0.1) is 12.4 Å². The number of nitrogens with two attached hydrogens (primary N) is 1. The molecule has 1 amide bonds. The van der Waals surface area contributed by atoms with Gasteiger partial charge in [-0.2, -0.15) is 0 Å². The van der Waals surface area contributed by atoms with E-state index in [1.54, 1.807) is 7.11 Å². The van der Waals surface area contributed by atoms with E-state index in [9.17, 15) is 4.79 Å². The van der Waals surface area contributed by atoms with Crippen LogP contribution in [0.5, 0.6) is 0 Å². The van der Waals surface area contributed by atoms with E-state index >= 15 is 0 Å². The Kier molecular flexibility index (Phi) is 6.76. The summed E-state index contributed by atoms with van der Waals surface area (Å²) in [5.74, 6) is 1.64. The largest absolute Gasteiger partial charge is 0.385 e. The summed E-state index contributed by atoms with van der Waals surface area (Å²) in [6, 6.07) is 0.345. The van der Waals surface area contributed by atoms with Crippen molar-refractivity contribution < 1.29 is 9.53 Å². The third-order valence-electron chi connectivity index (χ3n) is 6.67. The number of carbonyl (C=O) groups excluding carboxylic acids is 1. The molecule has 0 aromatic heterocycles. The minimum atomic E-state index is 0. The van der Waals surface area contributed by atoms with E-state index in [1.807, 2.05) is 0 Å². The molecule has 3 rings (SSSR count). The third-order valence-corrected chi connectivity index (χ3v) is 6.67. The maximum Gasteiger partial charge on any atom is 0.223 e. The van der Waals surface area contributed by atoms with Crippen LogP contribution in [0.1, 0.15) is 57.8 Å². The molecule has 3 aliphatic carbocycles. The van der Waals surface area contributed by atoms with Gasteiger partial charge >= 0.3 is 0 Å². The van der Waals surface area contributed by atoms with Crippen molar-refractivity contribution in [2.24, 2.45) is 28.9 Å². The molecule has 23 heavy (non-hydrogen) atoms. The molecule has 2 unspecified atom stereocenters. The second-order valence-electron chi connectivity index (χ2n) is 8.01. The van der Waals surface area contributed by atoms with Crippen LogP contribution < -0.4 is 11.1 Å². The number of hydrogen-bond acceptors (Lipinski definition) is 3. The number of amides is 1. The van der Waals surface area contributed by atoms with E-state index in [4.69, 9.17) is 10.5 Å². The highest BCUT2D eigenvalue weighted by atomic mass is 35.5. The molecule has 0 saturated heterocycles.